The van der Waals surface area contributed by atoms with E-state index >= 15 is 0 Å². The van der Waals surface area contributed by atoms with E-state index in [-0.39, 0.29) is 5.91 Å². The van der Waals surface area contributed by atoms with Gasteiger partial charge in [0, 0.05) is 19.5 Å². The number of carbonyl (C=O) groups is 2. The largest absolute Gasteiger partial charge is 0.427 e. The van der Waals surface area contributed by atoms with Crippen LogP contribution in [0, 0.1) is 0 Å². The standard InChI is InChI=1S/C10H11NO3/c1-7(12)14-9-5-3-4-8(6-9)10(13)11-2/h3-6H,1-2H3,(H,11,13). The zero-order valence-corrected chi connectivity index (χ0v) is 8.03. The van der Waals surface area contributed by atoms with E-state index in [1.165, 1.54) is 13.0 Å². The first-order valence-electron chi connectivity index (χ1n) is 4.14. The van der Waals surface area contributed by atoms with Gasteiger partial charge in [0.25, 0.3) is 5.91 Å². The molecule has 4 nitrogen and oxygen atoms in total. The lowest BCUT2D eigenvalue weighted by atomic mass is 10.2. The van der Waals surface area contributed by atoms with Crippen LogP contribution in [0.3, 0.4) is 0 Å². The number of benzene rings is 1. The molecule has 1 aromatic rings. The van der Waals surface area contributed by atoms with E-state index in [0.717, 1.165) is 0 Å². The summed E-state index contributed by atoms with van der Waals surface area (Å²) in [6.07, 6.45) is 0. The number of nitrogens with one attached hydrogen (secondary N) is 1. The molecule has 14 heavy (non-hydrogen) atoms. The number of esters is 1. The van der Waals surface area contributed by atoms with Gasteiger partial charge >= 0.3 is 5.97 Å². The van der Waals surface area contributed by atoms with Gasteiger partial charge in [-0.05, 0) is 18.2 Å². The van der Waals surface area contributed by atoms with Crippen molar-refractivity contribution in [2.45, 2.75) is 6.92 Å². The second-order valence-corrected chi connectivity index (χ2v) is 2.70. The predicted molar refractivity (Wildman–Crippen MR) is 51.1 cm³/mol. The average Bonchev–Trinajstić information content (AvgIpc) is 2.16. The molecule has 0 atom stereocenters. The Labute approximate surface area is 81.9 Å². The van der Waals surface area contributed by atoms with Crippen LogP contribution in [-0.4, -0.2) is 18.9 Å². The molecule has 1 N–H and O–H groups in total. The van der Waals surface area contributed by atoms with Gasteiger partial charge in [-0.2, -0.15) is 0 Å². The first-order chi connectivity index (χ1) is 6.63. The maximum atomic E-state index is 11.2. The van der Waals surface area contributed by atoms with E-state index in [9.17, 15) is 9.59 Å². The first kappa shape index (κ1) is 10.2. The van der Waals surface area contributed by atoms with Crippen molar-refractivity contribution in [2.24, 2.45) is 0 Å². The molecule has 0 aliphatic rings. The van der Waals surface area contributed by atoms with Crippen molar-refractivity contribution in [1.29, 1.82) is 0 Å². The van der Waals surface area contributed by atoms with Crippen LogP contribution in [0.15, 0.2) is 24.3 Å². The van der Waals surface area contributed by atoms with Crippen LogP contribution in [0.2, 0.25) is 0 Å². The Morgan fingerprint density at radius 2 is 2.07 bits per heavy atom. The molecule has 1 rings (SSSR count). The molecule has 0 aliphatic heterocycles. The van der Waals surface area contributed by atoms with Crippen LogP contribution in [0.5, 0.6) is 5.75 Å². The van der Waals surface area contributed by atoms with Gasteiger partial charge in [0.15, 0.2) is 0 Å². The molecule has 0 radical (unpaired) electrons. The number of hydrogen-bond donors (Lipinski definition) is 1. The molecule has 1 amide bonds. The van der Waals surface area contributed by atoms with E-state index in [4.69, 9.17) is 4.74 Å². The van der Waals surface area contributed by atoms with Crippen molar-refractivity contribution in [3.05, 3.63) is 29.8 Å². The molecule has 0 saturated heterocycles. The first-order valence-corrected chi connectivity index (χ1v) is 4.14. The minimum absolute atomic E-state index is 0.209. The van der Waals surface area contributed by atoms with E-state index in [1.54, 1.807) is 25.2 Å². The van der Waals surface area contributed by atoms with Crippen LogP contribution in [-0.2, 0) is 4.79 Å². The summed E-state index contributed by atoms with van der Waals surface area (Å²) >= 11 is 0. The zero-order chi connectivity index (χ0) is 10.6. The molecular weight excluding hydrogens is 182 g/mol. The molecular formula is C10H11NO3. The quantitative estimate of drug-likeness (QED) is 0.562. The van der Waals surface area contributed by atoms with Gasteiger partial charge in [0.2, 0.25) is 0 Å². The molecule has 0 fully saturated rings. The van der Waals surface area contributed by atoms with Crippen molar-refractivity contribution in [1.82, 2.24) is 5.32 Å². The number of ether oxygens (including phenoxy) is 1. The van der Waals surface area contributed by atoms with Crippen LogP contribution in [0.1, 0.15) is 17.3 Å². The highest BCUT2D eigenvalue weighted by molar-refractivity contribution is 5.94. The lowest BCUT2D eigenvalue weighted by molar-refractivity contribution is -0.131. The normalized spacial score (nSPS) is 9.29. The third kappa shape index (κ3) is 2.58. The van der Waals surface area contributed by atoms with Crippen LogP contribution < -0.4 is 10.1 Å². The molecule has 0 saturated carbocycles. The van der Waals surface area contributed by atoms with Crippen molar-refractivity contribution < 1.29 is 14.3 Å². The Morgan fingerprint density at radius 3 is 2.64 bits per heavy atom. The molecule has 4 heteroatoms. The second-order valence-electron chi connectivity index (χ2n) is 2.70. The molecule has 0 unspecified atom stereocenters. The van der Waals surface area contributed by atoms with Gasteiger partial charge in [0.1, 0.15) is 5.75 Å². The summed E-state index contributed by atoms with van der Waals surface area (Å²) in [4.78, 5) is 21.8. The monoisotopic (exact) mass is 193 g/mol. The highest BCUT2D eigenvalue weighted by Gasteiger charge is 2.04. The number of carbonyl (C=O) groups excluding carboxylic acids is 2. The van der Waals surface area contributed by atoms with Gasteiger partial charge in [-0.3, -0.25) is 9.59 Å². The summed E-state index contributed by atoms with van der Waals surface area (Å²) in [5, 5.41) is 2.48. The fourth-order valence-electron chi connectivity index (χ4n) is 1.01. The van der Waals surface area contributed by atoms with Crippen molar-refractivity contribution >= 4 is 11.9 Å². The third-order valence-corrected chi connectivity index (χ3v) is 1.58. The van der Waals surface area contributed by atoms with Gasteiger partial charge in [-0.1, -0.05) is 6.07 Å². The Balaban J connectivity index is 2.89. The van der Waals surface area contributed by atoms with E-state index in [0.29, 0.717) is 11.3 Å². The molecule has 0 spiro atoms. The lowest BCUT2D eigenvalue weighted by Gasteiger charge is -2.03. The number of amides is 1. The minimum atomic E-state index is -0.404. The highest BCUT2D eigenvalue weighted by atomic mass is 16.5. The minimum Gasteiger partial charge on any atom is -0.427 e. The van der Waals surface area contributed by atoms with Crippen LogP contribution in [0.4, 0.5) is 0 Å². The smallest absolute Gasteiger partial charge is 0.308 e. The Kier molecular flexibility index (Phi) is 3.23. The zero-order valence-electron chi connectivity index (χ0n) is 8.03. The van der Waals surface area contributed by atoms with Gasteiger partial charge < -0.3 is 10.1 Å². The Morgan fingerprint density at radius 1 is 1.36 bits per heavy atom. The van der Waals surface area contributed by atoms with Crippen molar-refractivity contribution in [3.8, 4) is 5.75 Å². The number of hydrogen-bond acceptors (Lipinski definition) is 3. The molecule has 74 valence electrons. The van der Waals surface area contributed by atoms with Gasteiger partial charge in [-0.25, -0.2) is 0 Å². The molecule has 1 aromatic carbocycles. The van der Waals surface area contributed by atoms with Crippen LogP contribution in [0.25, 0.3) is 0 Å². The van der Waals surface area contributed by atoms with Crippen molar-refractivity contribution in [2.75, 3.05) is 7.05 Å². The summed E-state index contributed by atoms with van der Waals surface area (Å²) in [6.45, 7) is 1.31. The van der Waals surface area contributed by atoms with Gasteiger partial charge in [-0.15, -0.1) is 0 Å². The fraction of sp³-hybridized carbons (Fsp3) is 0.200. The van der Waals surface area contributed by atoms with E-state index < -0.39 is 5.97 Å². The maximum Gasteiger partial charge on any atom is 0.308 e. The molecule has 0 aliphatic carbocycles. The Bertz CT molecular complexity index is 360. The van der Waals surface area contributed by atoms with Crippen LogP contribution >= 0.6 is 0 Å². The van der Waals surface area contributed by atoms with Gasteiger partial charge in [0.05, 0.1) is 0 Å². The molecule has 0 heterocycles. The molecule has 0 aromatic heterocycles. The second kappa shape index (κ2) is 4.41. The fourth-order valence-corrected chi connectivity index (χ4v) is 1.01. The topological polar surface area (TPSA) is 55.4 Å². The summed E-state index contributed by atoms with van der Waals surface area (Å²) in [6, 6.07) is 6.43. The summed E-state index contributed by atoms with van der Waals surface area (Å²) in [7, 11) is 1.54. The van der Waals surface area contributed by atoms with E-state index in [1.807, 2.05) is 0 Å². The summed E-state index contributed by atoms with van der Waals surface area (Å²) < 4.78 is 4.83. The highest BCUT2D eigenvalue weighted by Crippen LogP contribution is 2.13. The summed E-state index contributed by atoms with van der Waals surface area (Å²) in [5.41, 5.74) is 0.464. The predicted octanol–water partition coefficient (Wildman–Crippen LogP) is 0.972. The molecule has 0 bridgehead atoms. The van der Waals surface area contributed by atoms with E-state index in [2.05, 4.69) is 5.32 Å². The SMILES string of the molecule is CNC(=O)c1cccc(OC(C)=O)c1. The maximum absolute atomic E-state index is 11.2. The Hall–Kier alpha value is -1.84. The average molecular weight is 193 g/mol. The summed E-state index contributed by atoms with van der Waals surface area (Å²) in [5.74, 6) is -0.239. The third-order valence-electron chi connectivity index (χ3n) is 1.58. The van der Waals surface area contributed by atoms with Crippen molar-refractivity contribution in [3.63, 3.8) is 0 Å². The number of rotatable bonds is 2. The lowest BCUT2D eigenvalue weighted by Crippen LogP contribution is -2.17.